The number of nitro groups is 1. The Morgan fingerprint density at radius 3 is 2.41 bits per heavy atom. The van der Waals surface area contributed by atoms with Crippen LogP contribution < -0.4 is 5.32 Å². The Morgan fingerprint density at radius 1 is 1.07 bits per heavy atom. The summed E-state index contributed by atoms with van der Waals surface area (Å²) in [6.45, 7) is 2.08. The SMILES string of the molecule is O=C(NCCCC(=O)N1CCN(C(=O)c2ccc([N+](=O)[O-])s2)CC1)c1cccs1. The first-order valence-corrected chi connectivity index (χ1v) is 10.8. The lowest BCUT2D eigenvalue weighted by atomic mass is 10.2. The van der Waals surface area contributed by atoms with Gasteiger partial charge in [-0.25, -0.2) is 0 Å². The van der Waals surface area contributed by atoms with Gasteiger partial charge in [0.25, 0.3) is 11.8 Å². The van der Waals surface area contributed by atoms with Crippen molar-refractivity contribution in [1.29, 1.82) is 0 Å². The third kappa shape index (κ3) is 5.39. The number of piperazine rings is 1. The summed E-state index contributed by atoms with van der Waals surface area (Å²) in [5.41, 5.74) is 0. The molecule has 0 spiro atoms. The molecule has 2 aromatic heterocycles. The van der Waals surface area contributed by atoms with Crippen LogP contribution in [0.1, 0.15) is 32.2 Å². The first kappa shape index (κ1) is 20.9. The van der Waals surface area contributed by atoms with Crippen LogP contribution in [-0.2, 0) is 4.79 Å². The lowest BCUT2D eigenvalue weighted by Gasteiger charge is -2.34. The summed E-state index contributed by atoms with van der Waals surface area (Å²) in [4.78, 5) is 51.2. The van der Waals surface area contributed by atoms with E-state index in [1.165, 1.54) is 23.5 Å². The molecule has 11 heteroatoms. The Labute approximate surface area is 175 Å². The van der Waals surface area contributed by atoms with E-state index in [0.29, 0.717) is 55.3 Å². The highest BCUT2D eigenvalue weighted by Gasteiger charge is 2.26. The second kappa shape index (κ2) is 9.61. The Bertz CT molecular complexity index is 888. The fraction of sp³-hybridized carbons (Fsp3) is 0.389. The molecule has 9 nitrogen and oxygen atoms in total. The summed E-state index contributed by atoms with van der Waals surface area (Å²) in [6, 6.07) is 6.36. The summed E-state index contributed by atoms with van der Waals surface area (Å²) in [7, 11) is 0. The highest BCUT2D eigenvalue weighted by atomic mass is 32.1. The average Bonchev–Trinajstić information content (AvgIpc) is 3.42. The minimum Gasteiger partial charge on any atom is -0.351 e. The Morgan fingerprint density at radius 2 is 1.79 bits per heavy atom. The standard InChI is InChI=1S/C18H20N4O5S2/c23-15(4-1-7-19-17(24)13-3-2-12-28-13)20-8-10-21(11-9-20)18(25)14-5-6-16(29-14)22(26)27/h2-3,5-6,12H,1,4,7-11H2,(H,19,24). The smallest absolute Gasteiger partial charge is 0.324 e. The molecule has 3 heterocycles. The molecule has 2 aromatic rings. The van der Waals surface area contributed by atoms with Crippen molar-refractivity contribution in [2.24, 2.45) is 0 Å². The number of carbonyl (C=O) groups is 3. The van der Waals surface area contributed by atoms with E-state index < -0.39 is 4.92 Å². The molecule has 0 unspecified atom stereocenters. The number of rotatable bonds is 7. The molecule has 0 aliphatic carbocycles. The number of thiophene rings is 2. The van der Waals surface area contributed by atoms with E-state index in [4.69, 9.17) is 0 Å². The maximum Gasteiger partial charge on any atom is 0.324 e. The number of nitrogens with zero attached hydrogens (tertiary/aromatic N) is 3. The van der Waals surface area contributed by atoms with Gasteiger partial charge in [-0.3, -0.25) is 24.5 Å². The van der Waals surface area contributed by atoms with Crippen molar-refractivity contribution in [3.8, 4) is 0 Å². The van der Waals surface area contributed by atoms with Gasteiger partial charge < -0.3 is 15.1 Å². The zero-order valence-electron chi connectivity index (χ0n) is 15.5. The third-order valence-electron chi connectivity index (χ3n) is 4.50. The summed E-state index contributed by atoms with van der Waals surface area (Å²) < 4.78 is 0. The van der Waals surface area contributed by atoms with Gasteiger partial charge in [-0.2, -0.15) is 0 Å². The van der Waals surface area contributed by atoms with Crippen LogP contribution in [0.25, 0.3) is 0 Å². The Hall–Kier alpha value is -2.79. The molecule has 0 atom stereocenters. The Balaban J connectivity index is 1.38. The van der Waals surface area contributed by atoms with E-state index in [1.807, 2.05) is 11.4 Å². The van der Waals surface area contributed by atoms with Gasteiger partial charge in [0, 0.05) is 45.2 Å². The van der Waals surface area contributed by atoms with Crippen LogP contribution >= 0.6 is 22.7 Å². The molecule has 0 bridgehead atoms. The van der Waals surface area contributed by atoms with Crippen molar-refractivity contribution in [1.82, 2.24) is 15.1 Å². The zero-order chi connectivity index (χ0) is 20.8. The van der Waals surface area contributed by atoms with E-state index in [1.54, 1.807) is 15.9 Å². The van der Waals surface area contributed by atoms with E-state index in [9.17, 15) is 24.5 Å². The highest BCUT2D eigenvalue weighted by molar-refractivity contribution is 7.17. The average molecular weight is 437 g/mol. The fourth-order valence-corrected chi connectivity index (χ4v) is 4.38. The van der Waals surface area contributed by atoms with Crippen LogP contribution in [0.5, 0.6) is 0 Å². The number of nitrogens with one attached hydrogen (secondary N) is 1. The molecule has 0 radical (unpaired) electrons. The molecule has 3 amide bonds. The van der Waals surface area contributed by atoms with Crippen molar-refractivity contribution in [3.63, 3.8) is 0 Å². The highest BCUT2D eigenvalue weighted by Crippen LogP contribution is 2.25. The second-order valence-corrected chi connectivity index (χ2v) is 8.41. The van der Waals surface area contributed by atoms with Crippen molar-refractivity contribution in [3.05, 3.63) is 49.5 Å². The summed E-state index contributed by atoms with van der Waals surface area (Å²) in [6.07, 6.45) is 0.879. The van der Waals surface area contributed by atoms with Gasteiger partial charge in [-0.05, 0) is 23.9 Å². The summed E-state index contributed by atoms with van der Waals surface area (Å²) in [5.74, 6) is -0.380. The predicted molar refractivity (Wildman–Crippen MR) is 109 cm³/mol. The topological polar surface area (TPSA) is 113 Å². The largest absolute Gasteiger partial charge is 0.351 e. The minimum atomic E-state index is -0.513. The molecule has 1 saturated heterocycles. The predicted octanol–water partition coefficient (Wildman–Crippen LogP) is 2.21. The van der Waals surface area contributed by atoms with Gasteiger partial charge in [-0.1, -0.05) is 17.4 Å². The summed E-state index contributed by atoms with van der Waals surface area (Å²) in [5, 5.41) is 15.3. The molecule has 29 heavy (non-hydrogen) atoms. The van der Waals surface area contributed by atoms with Crippen LogP contribution in [-0.4, -0.2) is 65.2 Å². The lowest BCUT2D eigenvalue weighted by Crippen LogP contribution is -2.50. The van der Waals surface area contributed by atoms with Gasteiger partial charge in [0.2, 0.25) is 5.91 Å². The second-order valence-electron chi connectivity index (χ2n) is 6.40. The van der Waals surface area contributed by atoms with Crippen molar-refractivity contribution in [2.75, 3.05) is 32.7 Å². The monoisotopic (exact) mass is 436 g/mol. The quantitative estimate of drug-likeness (QED) is 0.406. The first-order chi connectivity index (χ1) is 14.0. The van der Waals surface area contributed by atoms with Gasteiger partial charge in [-0.15, -0.1) is 11.3 Å². The first-order valence-electron chi connectivity index (χ1n) is 9.08. The van der Waals surface area contributed by atoms with Crippen LogP contribution in [0, 0.1) is 10.1 Å². The number of hydrogen-bond donors (Lipinski definition) is 1. The maximum absolute atomic E-state index is 12.5. The zero-order valence-corrected chi connectivity index (χ0v) is 17.2. The van der Waals surface area contributed by atoms with E-state index in [-0.39, 0.29) is 22.7 Å². The van der Waals surface area contributed by atoms with E-state index in [2.05, 4.69) is 5.32 Å². The van der Waals surface area contributed by atoms with E-state index in [0.717, 1.165) is 11.3 Å². The number of amides is 3. The fourth-order valence-electron chi connectivity index (χ4n) is 2.95. The number of carbonyl (C=O) groups excluding carboxylic acids is 3. The normalized spacial score (nSPS) is 13.9. The molecule has 1 aliphatic heterocycles. The van der Waals surface area contributed by atoms with Crippen LogP contribution in [0.2, 0.25) is 0 Å². The molecular weight excluding hydrogens is 416 g/mol. The van der Waals surface area contributed by atoms with Crippen LogP contribution in [0.15, 0.2) is 29.6 Å². The van der Waals surface area contributed by atoms with Crippen molar-refractivity contribution >= 4 is 45.4 Å². The molecule has 0 aromatic carbocycles. The molecule has 3 rings (SSSR count). The molecule has 1 fully saturated rings. The van der Waals surface area contributed by atoms with Gasteiger partial charge in [0.15, 0.2) is 0 Å². The molecule has 154 valence electrons. The van der Waals surface area contributed by atoms with Crippen molar-refractivity contribution < 1.29 is 19.3 Å². The molecular formula is C18H20N4O5S2. The van der Waals surface area contributed by atoms with Gasteiger partial charge in [0.05, 0.1) is 14.7 Å². The van der Waals surface area contributed by atoms with Gasteiger partial charge >= 0.3 is 5.00 Å². The van der Waals surface area contributed by atoms with Gasteiger partial charge in [0.1, 0.15) is 0 Å². The van der Waals surface area contributed by atoms with Crippen LogP contribution in [0.4, 0.5) is 5.00 Å². The van der Waals surface area contributed by atoms with Crippen LogP contribution in [0.3, 0.4) is 0 Å². The van der Waals surface area contributed by atoms with E-state index >= 15 is 0 Å². The minimum absolute atomic E-state index is 0.00534. The lowest BCUT2D eigenvalue weighted by molar-refractivity contribution is -0.380. The summed E-state index contributed by atoms with van der Waals surface area (Å²) >= 11 is 2.23. The maximum atomic E-state index is 12.5. The molecule has 1 N–H and O–H groups in total. The van der Waals surface area contributed by atoms with Crippen molar-refractivity contribution in [2.45, 2.75) is 12.8 Å². The molecule has 1 aliphatic rings. The Kier molecular flexibility index (Phi) is 6.94. The third-order valence-corrected chi connectivity index (χ3v) is 6.39. The molecule has 0 saturated carbocycles. The number of hydrogen-bond acceptors (Lipinski definition) is 7.